The number of carbonyl (C=O) groups is 1. The molecule has 0 aromatic heterocycles. The number of hydrogen-bond acceptors (Lipinski definition) is 2. The van der Waals surface area contributed by atoms with E-state index in [0.717, 1.165) is 23.3 Å². The zero-order valence-electron chi connectivity index (χ0n) is 11.8. The van der Waals surface area contributed by atoms with Gasteiger partial charge < -0.3 is 10.6 Å². The molecule has 1 amide bonds. The van der Waals surface area contributed by atoms with Crippen molar-refractivity contribution in [3.63, 3.8) is 0 Å². The van der Waals surface area contributed by atoms with Gasteiger partial charge in [0.1, 0.15) is 11.6 Å². The molecule has 0 fully saturated rings. The second kappa shape index (κ2) is 6.35. The zero-order chi connectivity index (χ0) is 15.4. The minimum Gasteiger partial charge on any atom is -0.374 e. The lowest BCUT2D eigenvalue weighted by Crippen LogP contribution is -2.22. The third-order valence-electron chi connectivity index (χ3n) is 3.16. The summed E-state index contributed by atoms with van der Waals surface area (Å²) in [6, 6.07) is 8.74. The predicted molar refractivity (Wildman–Crippen MR) is 79.4 cm³/mol. The number of anilines is 2. The van der Waals surface area contributed by atoms with Gasteiger partial charge in [0.25, 0.3) is 0 Å². The first-order valence-corrected chi connectivity index (χ1v) is 6.52. The molecule has 0 aliphatic carbocycles. The molecule has 3 nitrogen and oxygen atoms in total. The smallest absolute Gasteiger partial charge is 0.243 e. The molecular formula is C16H16F2N2O. The largest absolute Gasteiger partial charge is 0.374 e. The molecule has 2 aromatic carbocycles. The van der Waals surface area contributed by atoms with Crippen molar-refractivity contribution in [1.29, 1.82) is 0 Å². The molecule has 2 rings (SSSR count). The number of amides is 1. The van der Waals surface area contributed by atoms with Crippen molar-refractivity contribution in [2.75, 3.05) is 17.2 Å². The Morgan fingerprint density at radius 3 is 2.48 bits per heavy atom. The number of halogens is 2. The van der Waals surface area contributed by atoms with Crippen LogP contribution >= 0.6 is 0 Å². The number of aryl methyl sites for hydroxylation is 2. The quantitative estimate of drug-likeness (QED) is 0.902. The maximum Gasteiger partial charge on any atom is 0.243 e. The Bertz CT molecular complexity index is 671. The minimum absolute atomic E-state index is 0.0895. The Hall–Kier alpha value is -2.43. The fraction of sp³-hybridized carbons (Fsp3) is 0.188. The summed E-state index contributed by atoms with van der Waals surface area (Å²) in [5.74, 6) is -1.69. The Kier molecular flexibility index (Phi) is 4.52. The zero-order valence-corrected chi connectivity index (χ0v) is 11.8. The third kappa shape index (κ3) is 4.02. The summed E-state index contributed by atoms with van der Waals surface area (Å²) in [7, 11) is 0. The Morgan fingerprint density at radius 2 is 1.81 bits per heavy atom. The Labute approximate surface area is 122 Å². The number of nitrogens with one attached hydrogen (secondary N) is 2. The number of carbonyl (C=O) groups excluding carboxylic acids is 1. The topological polar surface area (TPSA) is 41.1 Å². The summed E-state index contributed by atoms with van der Waals surface area (Å²) >= 11 is 0. The van der Waals surface area contributed by atoms with Crippen LogP contribution in [0.4, 0.5) is 20.2 Å². The van der Waals surface area contributed by atoms with Crippen LogP contribution in [-0.2, 0) is 4.79 Å². The average Bonchev–Trinajstić information content (AvgIpc) is 2.42. The van der Waals surface area contributed by atoms with E-state index in [1.807, 2.05) is 26.0 Å². The van der Waals surface area contributed by atoms with E-state index in [0.29, 0.717) is 5.69 Å². The lowest BCUT2D eigenvalue weighted by molar-refractivity contribution is -0.114. The van der Waals surface area contributed by atoms with Crippen molar-refractivity contribution < 1.29 is 13.6 Å². The van der Waals surface area contributed by atoms with Gasteiger partial charge in [-0.15, -0.1) is 0 Å². The summed E-state index contributed by atoms with van der Waals surface area (Å²) in [5, 5.41) is 5.35. The van der Waals surface area contributed by atoms with Crippen molar-refractivity contribution in [2.45, 2.75) is 13.8 Å². The van der Waals surface area contributed by atoms with E-state index in [4.69, 9.17) is 0 Å². The Balaban J connectivity index is 1.94. The summed E-state index contributed by atoms with van der Waals surface area (Å²) < 4.78 is 26.1. The number of benzene rings is 2. The molecule has 0 aliphatic heterocycles. The fourth-order valence-corrected chi connectivity index (χ4v) is 1.83. The molecular weight excluding hydrogens is 274 g/mol. The van der Waals surface area contributed by atoms with E-state index in [-0.39, 0.29) is 18.1 Å². The monoisotopic (exact) mass is 290 g/mol. The predicted octanol–water partition coefficient (Wildman–Crippen LogP) is 3.63. The van der Waals surface area contributed by atoms with E-state index in [2.05, 4.69) is 10.6 Å². The van der Waals surface area contributed by atoms with Crippen molar-refractivity contribution in [3.05, 3.63) is 59.2 Å². The first kappa shape index (κ1) is 15.0. The highest BCUT2D eigenvalue weighted by atomic mass is 19.1. The van der Waals surface area contributed by atoms with Gasteiger partial charge in [-0.3, -0.25) is 4.79 Å². The highest BCUT2D eigenvalue weighted by Crippen LogP contribution is 2.16. The highest BCUT2D eigenvalue weighted by molar-refractivity contribution is 5.93. The number of rotatable bonds is 4. The molecule has 2 aromatic rings. The van der Waals surface area contributed by atoms with Gasteiger partial charge in [0.15, 0.2) is 0 Å². The lowest BCUT2D eigenvalue weighted by Gasteiger charge is -2.10. The van der Waals surface area contributed by atoms with Crippen molar-refractivity contribution in [3.8, 4) is 0 Å². The maximum absolute atomic E-state index is 13.4. The van der Waals surface area contributed by atoms with Crippen LogP contribution in [-0.4, -0.2) is 12.5 Å². The molecule has 0 saturated carbocycles. The van der Waals surface area contributed by atoms with Crippen molar-refractivity contribution in [2.24, 2.45) is 0 Å². The van der Waals surface area contributed by atoms with E-state index in [1.54, 1.807) is 6.07 Å². The summed E-state index contributed by atoms with van der Waals surface area (Å²) in [6.45, 7) is 3.84. The van der Waals surface area contributed by atoms with E-state index in [1.165, 1.54) is 6.07 Å². The summed E-state index contributed by atoms with van der Waals surface area (Å²) in [4.78, 5) is 11.8. The molecule has 0 aliphatic rings. The third-order valence-corrected chi connectivity index (χ3v) is 3.16. The van der Waals surface area contributed by atoms with Crippen molar-refractivity contribution in [1.82, 2.24) is 0 Å². The molecule has 0 heterocycles. The maximum atomic E-state index is 13.4. The SMILES string of the molecule is Cc1ccc(NC(=O)CNc2ccc(F)cc2F)cc1C. The molecule has 0 bridgehead atoms. The van der Waals surface area contributed by atoms with E-state index < -0.39 is 11.6 Å². The normalized spacial score (nSPS) is 10.3. The molecule has 0 spiro atoms. The van der Waals surface area contributed by atoms with Crippen LogP contribution in [0, 0.1) is 25.5 Å². The molecule has 21 heavy (non-hydrogen) atoms. The molecule has 0 radical (unpaired) electrons. The molecule has 110 valence electrons. The summed E-state index contributed by atoms with van der Waals surface area (Å²) in [5.41, 5.74) is 2.99. The van der Waals surface area contributed by atoms with Gasteiger partial charge in [-0.1, -0.05) is 6.07 Å². The summed E-state index contributed by atoms with van der Waals surface area (Å²) in [6.07, 6.45) is 0. The van der Waals surface area contributed by atoms with Crippen LogP contribution in [0.5, 0.6) is 0 Å². The fourth-order valence-electron chi connectivity index (χ4n) is 1.83. The van der Waals surface area contributed by atoms with Crippen LogP contribution in [0.2, 0.25) is 0 Å². The van der Waals surface area contributed by atoms with Gasteiger partial charge in [0.05, 0.1) is 12.2 Å². The van der Waals surface area contributed by atoms with Crippen LogP contribution in [0.1, 0.15) is 11.1 Å². The van der Waals surface area contributed by atoms with E-state index in [9.17, 15) is 13.6 Å². The molecule has 2 N–H and O–H groups in total. The lowest BCUT2D eigenvalue weighted by atomic mass is 10.1. The first-order chi connectivity index (χ1) is 9.95. The van der Waals surface area contributed by atoms with Crippen LogP contribution in [0.3, 0.4) is 0 Å². The van der Waals surface area contributed by atoms with Gasteiger partial charge in [-0.25, -0.2) is 8.78 Å². The van der Waals surface area contributed by atoms with E-state index >= 15 is 0 Å². The molecule has 0 saturated heterocycles. The standard InChI is InChI=1S/C16H16F2N2O/c1-10-3-5-13(7-11(10)2)20-16(21)9-19-15-6-4-12(17)8-14(15)18/h3-8,19H,9H2,1-2H3,(H,20,21). The molecule has 0 atom stereocenters. The van der Waals surface area contributed by atoms with Gasteiger partial charge in [-0.2, -0.15) is 0 Å². The van der Waals surface area contributed by atoms with Crippen molar-refractivity contribution >= 4 is 17.3 Å². The molecule has 5 heteroatoms. The van der Waals surface area contributed by atoms with Gasteiger partial charge in [0.2, 0.25) is 5.91 Å². The van der Waals surface area contributed by atoms with Crippen LogP contribution < -0.4 is 10.6 Å². The van der Waals surface area contributed by atoms with Gasteiger partial charge in [0, 0.05) is 11.8 Å². The number of hydrogen-bond donors (Lipinski definition) is 2. The average molecular weight is 290 g/mol. The van der Waals surface area contributed by atoms with Crippen LogP contribution in [0.25, 0.3) is 0 Å². The second-order valence-corrected chi connectivity index (χ2v) is 4.82. The van der Waals surface area contributed by atoms with Gasteiger partial charge in [-0.05, 0) is 49.2 Å². The first-order valence-electron chi connectivity index (χ1n) is 6.52. The van der Waals surface area contributed by atoms with Crippen LogP contribution in [0.15, 0.2) is 36.4 Å². The van der Waals surface area contributed by atoms with Gasteiger partial charge >= 0.3 is 0 Å². The molecule has 0 unspecified atom stereocenters. The minimum atomic E-state index is -0.728. The highest BCUT2D eigenvalue weighted by Gasteiger charge is 2.07. The Morgan fingerprint density at radius 1 is 1.05 bits per heavy atom. The second-order valence-electron chi connectivity index (χ2n) is 4.82.